The molecule has 2 fully saturated rings. The van der Waals surface area contributed by atoms with Crippen LogP contribution in [-0.2, 0) is 0 Å². The number of aromatic carboxylic acids is 1. The number of carboxylic acid groups (broad SMARTS) is 1. The number of hydrogen-bond acceptors (Lipinski definition) is 2. The molecule has 2 aliphatic rings. The summed E-state index contributed by atoms with van der Waals surface area (Å²) < 4.78 is 0. The highest BCUT2D eigenvalue weighted by atomic mass is 16.4. The Hall–Kier alpha value is -1.51. The first-order chi connectivity index (χ1) is 10.1. The molecule has 0 saturated heterocycles. The lowest BCUT2D eigenvalue weighted by atomic mass is 9.69. The van der Waals surface area contributed by atoms with Crippen molar-refractivity contribution in [3.63, 3.8) is 0 Å². The molecule has 1 aromatic carbocycles. The van der Waals surface area contributed by atoms with Crippen molar-refractivity contribution >= 4 is 11.7 Å². The summed E-state index contributed by atoms with van der Waals surface area (Å²) in [5.74, 6) is 0.977. The summed E-state index contributed by atoms with van der Waals surface area (Å²) in [5.41, 5.74) is 2.49. The third kappa shape index (κ3) is 3.22. The van der Waals surface area contributed by atoms with E-state index in [-0.39, 0.29) is 0 Å². The van der Waals surface area contributed by atoms with E-state index in [9.17, 15) is 4.79 Å². The third-order valence-corrected chi connectivity index (χ3v) is 5.38. The topological polar surface area (TPSA) is 49.3 Å². The van der Waals surface area contributed by atoms with Crippen LogP contribution in [0.25, 0.3) is 0 Å². The SMILES string of the molecule is Cc1ccc(C(=O)O)cc1NC1CCC2CCCCC2C1. The van der Waals surface area contributed by atoms with E-state index in [4.69, 9.17) is 5.11 Å². The minimum Gasteiger partial charge on any atom is -0.478 e. The molecule has 0 radical (unpaired) electrons. The van der Waals surface area contributed by atoms with Crippen LogP contribution in [0.5, 0.6) is 0 Å². The predicted molar refractivity (Wildman–Crippen MR) is 84.8 cm³/mol. The van der Waals surface area contributed by atoms with Crippen LogP contribution in [-0.4, -0.2) is 17.1 Å². The summed E-state index contributed by atoms with van der Waals surface area (Å²) in [6.07, 6.45) is 9.42. The minimum absolute atomic E-state index is 0.370. The van der Waals surface area contributed by atoms with Gasteiger partial charge < -0.3 is 10.4 Å². The second-order valence-corrected chi connectivity index (χ2v) is 6.79. The smallest absolute Gasteiger partial charge is 0.335 e. The van der Waals surface area contributed by atoms with Gasteiger partial charge in [-0.15, -0.1) is 0 Å². The molecule has 1 aromatic rings. The van der Waals surface area contributed by atoms with Crippen molar-refractivity contribution in [2.75, 3.05) is 5.32 Å². The van der Waals surface area contributed by atoms with Crippen molar-refractivity contribution in [2.45, 2.75) is 57.9 Å². The lowest BCUT2D eigenvalue weighted by molar-refractivity contribution is 0.0697. The van der Waals surface area contributed by atoms with Crippen molar-refractivity contribution < 1.29 is 9.90 Å². The number of anilines is 1. The van der Waals surface area contributed by atoms with Gasteiger partial charge in [-0.05, 0) is 55.7 Å². The van der Waals surface area contributed by atoms with Crippen molar-refractivity contribution in [1.82, 2.24) is 0 Å². The lowest BCUT2D eigenvalue weighted by Gasteiger charge is -2.40. The van der Waals surface area contributed by atoms with Gasteiger partial charge in [-0.2, -0.15) is 0 Å². The van der Waals surface area contributed by atoms with Crippen LogP contribution < -0.4 is 5.32 Å². The summed E-state index contributed by atoms with van der Waals surface area (Å²) in [6, 6.07) is 5.87. The number of carboxylic acids is 1. The molecule has 3 unspecified atom stereocenters. The molecule has 2 N–H and O–H groups in total. The Kier molecular flexibility index (Phi) is 4.18. The van der Waals surface area contributed by atoms with Crippen LogP contribution in [0, 0.1) is 18.8 Å². The van der Waals surface area contributed by atoms with Crippen LogP contribution in [0.1, 0.15) is 60.9 Å². The maximum absolute atomic E-state index is 11.1. The number of rotatable bonds is 3. The van der Waals surface area contributed by atoms with E-state index < -0.39 is 5.97 Å². The van der Waals surface area contributed by atoms with Crippen LogP contribution >= 0.6 is 0 Å². The maximum atomic E-state index is 11.1. The molecule has 0 heterocycles. The van der Waals surface area contributed by atoms with Gasteiger partial charge in [0.1, 0.15) is 0 Å². The Labute approximate surface area is 126 Å². The van der Waals surface area contributed by atoms with Gasteiger partial charge in [-0.3, -0.25) is 0 Å². The Morgan fingerprint density at radius 3 is 2.67 bits per heavy atom. The third-order valence-electron chi connectivity index (χ3n) is 5.38. The van der Waals surface area contributed by atoms with E-state index >= 15 is 0 Å². The van der Waals surface area contributed by atoms with E-state index in [0.717, 1.165) is 23.1 Å². The molecule has 3 rings (SSSR count). The van der Waals surface area contributed by atoms with Crippen LogP contribution in [0.3, 0.4) is 0 Å². The fourth-order valence-corrected chi connectivity index (χ4v) is 4.13. The summed E-state index contributed by atoms with van der Waals surface area (Å²) in [5, 5.41) is 12.7. The molecule has 3 atom stereocenters. The second kappa shape index (κ2) is 6.08. The van der Waals surface area contributed by atoms with Crippen LogP contribution in [0.15, 0.2) is 18.2 Å². The molecule has 0 bridgehead atoms. The Balaban J connectivity index is 1.69. The second-order valence-electron chi connectivity index (χ2n) is 6.79. The molecule has 2 aliphatic carbocycles. The molecular formula is C18H25NO2. The number of hydrogen-bond donors (Lipinski definition) is 2. The Morgan fingerprint density at radius 2 is 1.90 bits per heavy atom. The van der Waals surface area contributed by atoms with Gasteiger partial charge in [0, 0.05) is 11.7 Å². The normalized spacial score (nSPS) is 28.7. The van der Waals surface area contributed by atoms with E-state index in [1.54, 1.807) is 12.1 Å². The molecule has 114 valence electrons. The lowest BCUT2D eigenvalue weighted by Crippen LogP contribution is -2.34. The first kappa shape index (κ1) is 14.4. The van der Waals surface area contributed by atoms with Gasteiger partial charge in [0.05, 0.1) is 5.56 Å². The zero-order valence-corrected chi connectivity index (χ0v) is 12.8. The van der Waals surface area contributed by atoms with Crippen LogP contribution in [0.4, 0.5) is 5.69 Å². The molecular weight excluding hydrogens is 262 g/mol. The highest BCUT2D eigenvalue weighted by Gasteiger charge is 2.32. The zero-order valence-electron chi connectivity index (χ0n) is 12.8. The molecule has 3 nitrogen and oxygen atoms in total. The van der Waals surface area contributed by atoms with E-state index in [0.29, 0.717) is 11.6 Å². The number of carbonyl (C=O) groups is 1. The van der Waals surface area contributed by atoms with Gasteiger partial charge in [0.2, 0.25) is 0 Å². The van der Waals surface area contributed by atoms with Gasteiger partial charge >= 0.3 is 5.97 Å². The standard InChI is InChI=1S/C18H25NO2/c1-12-6-7-15(18(20)21)11-17(12)19-16-9-8-13-4-2-3-5-14(13)10-16/h6-7,11,13-14,16,19H,2-5,8-10H2,1H3,(H,20,21). The largest absolute Gasteiger partial charge is 0.478 e. The van der Waals surface area contributed by atoms with E-state index in [1.165, 1.54) is 44.9 Å². The minimum atomic E-state index is -0.853. The molecule has 3 heteroatoms. The van der Waals surface area contributed by atoms with E-state index in [2.05, 4.69) is 5.32 Å². The van der Waals surface area contributed by atoms with Crippen molar-refractivity contribution in [2.24, 2.45) is 11.8 Å². The summed E-state index contributed by atoms with van der Waals surface area (Å²) in [6.45, 7) is 2.04. The number of fused-ring (bicyclic) bond motifs is 1. The monoisotopic (exact) mass is 287 g/mol. The highest BCUT2D eigenvalue weighted by Crippen LogP contribution is 2.41. The van der Waals surface area contributed by atoms with Gasteiger partial charge in [-0.1, -0.05) is 31.7 Å². The molecule has 21 heavy (non-hydrogen) atoms. The first-order valence-corrected chi connectivity index (χ1v) is 8.24. The fraction of sp³-hybridized carbons (Fsp3) is 0.611. The Bertz CT molecular complexity index is 526. The van der Waals surface area contributed by atoms with Crippen molar-refractivity contribution in [3.8, 4) is 0 Å². The molecule has 0 aliphatic heterocycles. The molecule has 2 saturated carbocycles. The highest BCUT2D eigenvalue weighted by molar-refractivity contribution is 5.89. The van der Waals surface area contributed by atoms with Gasteiger partial charge in [0.25, 0.3) is 0 Å². The zero-order chi connectivity index (χ0) is 14.8. The average molecular weight is 287 g/mol. The van der Waals surface area contributed by atoms with Gasteiger partial charge in [0.15, 0.2) is 0 Å². The summed E-state index contributed by atoms with van der Waals surface area (Å²) in [4.78, 5) is 11.1. The maximum Gasteiger partial charge on any atom is 0.335 e. The number of benzene rings is 1. The fourth-order valence-electron chi connectivity index (χ4n) is 4.13. The van der Waals surface area contributed by atoms with Crippen molar-refractivity contribution in [1.29, 1.82) is 0 Å². The predicted octanol–water partition coefficient (Wildman–Crippen LogP) is 4.46. The molecule has 0 aromatic heterocycles. The van der Waals surface area contributed by atoms with Gasteiger partial charge in [-0.25, -0.2) is 4.79 Å². The number of aryl methyl sites for hydroxylation is 1. The molecule has 0 spiro atoms. The molecule has 0 amide bonds. The van der Waals surface area contributed by atoms with E-state index in [1.807, 2.05) is 13.0 Å². The van der Waals surface area contributed by atoms with Crippen LogP contribution in [0.2, 0.25) is 0 Å². The number of nitrogens with one attached hydrogen (secondary N) is 1. The first-order valence-electron chi connectivity index (χ1n) is 8.24. The quantitative estimate of drug-likeness (QED) is 0.862. The van der Waals surface area contributed by atoms with Crippen molar-refractivity contribution in [3.05, 3.63) is 29.3 Å². The Morgan fingerprint density at radius 1 is 1.14 bits per heavy atom. The average Bonchev–Trinajstić information content (AvgIpc) is 2.49. The summed E-state index contributed by atoms with van der Waals surface area (Å²) >= 11 is 0. The summed E-state index contributed by atoms with van der Waals surface area (Å²) in [7, 11) is 0.